The fraction of sp³-hybridized carbons (Fsp3) is 0.0833. The van der Waals surface area contributed by atoms with E-state index >= 15 is 0 Å². The van der Waals surface area contributed by atoms with Crippen molar-refractivity contribution in [2.24, 2.45) is 4.99 Å². The van der Waals surface area contributed by atoms with E-state index in [-0.39, 0.29) is 5.91 Å². The van der Waals surface area contributed by atoms with Gasteiger partial charge in [0.15, 0.2) is 4.80 Å². The van der Waals surface area contributed by atoms with Crippen LogP contribution in [0.15, 0.2) is 89.2 Å². The lowest BCUT2D eigenvalue weighted by Crippen LogP contribution is -2.16. The van der Waals surface area contributed by atoms with Gasteiger partial charge in [0.25, 0.3) is 5.91 Å². The molecule has 0 atom stereocenters. The van der Waals surface area contributed by atoms with Crippen LogP contribution in [-0.2, 0) is 0 Å². The second-order valence-corrected chi connectivity index (χ2v) is 7.42. The summed E-state index contributed by atoms with van der Waals surface area (Å²) in [5, 5.41) is 2.03. The summed E-state index contributed by atoms with van der Waals surface area (Å²) in [5.74, 6) is 0.546. The molecule has 0 spiro atoms. The number of hydrogen-bond acceptors (Lipinski definition) is 3. The van der Waals surface area contributed by atoms with Gasteiger partial charge in [-0.15, -0.1) is 11.3 Å². The summed E-state index contributed by atoms with van der Waals surface area (Å²) in [6.45, 7) is 2.05. The SMILES string of the molecule is COc1ccc(-c2csc(=NC(=O)c3ccccc3)n2-c2ccc(C)cc2)cc1. The van der Waals surface area contributed by atoms with Gasteiger partial charge in [-0.2, -0.15) is 4.99 Å². The molecule has 0 fully saturated rings. The van der Waals surface area contributed by atoms with Crippen LogP contribution in [0.4, 0.5) is 0 Å². The van der Waals surface area contributed by atoms with E-state index in [0.717, 1.165) is 22.7 Å². The molecule has 1 heterocycles. The van der Waals surface area contributed by atoms with Crippen LogP contribution < -0.4 is 9.54 Å². The number of carbonyl (C=O) groups is 1. The van der Waals surface area contributed by atoms with Crippen molar-refractivity contribution in [1.82, 2.24) is 4.57 Å². The van der Waals surface area contributed by atoms with Crippen LogP contribution in [0.5, 0.6) is 5.75 Å². The molecule has 0 bridgehead atoms. The first-order valence-corrected chi connectivity index (χ1v) is 10.1. The van der Waals surface area contributed by atoms with Gasteiger partial charge in [0.2, 0.25) is 0 Å². The van der Waals surface area contributed by atoms with Gasteiger partial charge in [0.1, 0.15) is 5.75 Å². The molecule has 3 aromatic carbocycles. The minimum Gasteiger partial charge on any atom is -0.497 e. The first-order chi connectivity index (χ1) is 14.2. The number of thiazole rings is 1. The van der Waals surface area contributed by atoms with Gasteiger partial charge in [-0.25, -0.2) is 0 Å². The summed E-state index contributed by atoms with van der Waals surface area (Å²) in [4.78, 5) is 17.7. The molecule has 0 saturated heterocycles. The maximum atomic E-state index is 12.7. The van der Waals surface area contributed by atoms with Gasteiger partial charge in [-0.05, 0) is 61.0 Å². The predicted octanol–water partition coefficient (Wildman–Crippen LogP) is 5.26. The Morgan fingerprint density at radius 2 is 1.62 bits per heavy atom. The van der Waals surface area contributed by atoms with Gasteiger partial charge < -0.3 is 4.74 Å². The molecule has 0 saturated carbocycles. The van der Waals surface area contributed by atoms with Crippen LogP contribution >= 0.6 is 11.3 Å². The number of aryl methyl sites for hydroxylation is 1. The average molecular weight is 401 g/mol. The lowest BCUT2D eigenvalue weighted by Gasteiger charge is -2.10. The zero-order valence-corrected chi connectivity index (χ0v) is 17.0. The Bertz CT molecular complexity index is 1190. The molecule has 0 aliphatic carbocycles. The van der Waals surface area contributed by atoms with Crippen molar-refractivity contribution in [3.05, 3.63) is 100 Å². The van der Waals surface area contributed by atoms with Crippen molar-refractivity contribution >= 4 is 17.2 Å². The number of aromatic nitrogens is 1. The van der Waals surface area contributed by atoms with E-state index < -0.39 is 0 Å². The third kappa shape index (κ3) is 4.05. The van der Waals surface area contributed by atoms with Crippen molar-refractivity contribution < 1.29 is 9.53 Å². The Morgan fingerprint density at radius 1 is 0.931 bits per heavy atom. The molecule has 1 aromatic heterocycles. The fourth-order valence-corrected chi connectivity index (χ4v) is 3.93. The summed E-state index contributed by atoms with van der Waals surface area (Å²) in [7, 11) is 1.65. The maximum Gasteiger partial charge on any atom is 0.279 e. The zero-order chi connectivity index (χ0) is 20.2. The summed E-state index contributed by atoms with van der Waals surface area (Å²) >= 11 is 1.45. The van der Waals surface area contributed by atoms with Gasteiger partial charge in [0, 0.05) is 16.6 Å². The first-order valence-electron chi connectivity index (χ1n) is 9.22. The van der Waals surface area contributed by atoms with E-state index in [1.807, 2.05) is 64.5 Å². The first kappa shape index (κ1) is 18.9. The minimum absolute atomic E-state index is 0.255. The highest BCUT2D eigenvalue weighted by Gasteiger charge is 2.12. The number of ether oxygens (including phenoxy) is 1. The van der Waals surface area contributed by atoms with Crippen molar-refractivity contribution in [2.75, 3.05) is 7.11 Å². The number of amides is 1. The van der Waals surface area contributed by atoms with E-state index in [2.05, 4.69) is 24.0 Å². The molecule has 144 valence electrons. The molecule has 0 radical (unpaired) electrons. The summed E-state index contributed by atoms with van der Waals surface area (Å²) < 4.78 is 7.29. The standard InChI is InChI=1S/C24H20N2O2S/c1-17-8-12-20(13-9-17)26-22(18-10-14-21(28-2)15-11-18)16-29-24(26)25-23(27)19-6-4-3-5-7-19/h3-16H,1-2H3. The molecule has 0 unspecified atom stereocenters. The number of carbonyl (C=O) groups excluding carboxylic acids is 1. The second kappa shape index (κ2) is 8.29. The maximum absolute atomic E-state index is 12.7. The Hall–Kier alpha value is -3.44. The lowest BCUT2D eigenvalue weighted by molar-refractivity contribution is 0.0998. The monoisotopic (exact) mass is 400 g/mol. The summed E-state index contributed by atoms with van der Waals surface area (Å²) in [6.07, 6.45) is 0. The topological polar surface area (TPSA) is 43.6 Å². The smallest absolute Gasteiger partial charge is 0.279 e. The lowest BCUT2D eigenvalue weighted by atomic mass is 10.1. The Balaban J connectivity index is 1.87. The molecule has 0 N–H and O–H groups in total. The van der Waals surface area contributed by atoms with E-state index in [1.54, 1.807) is 19.2 Å². The van der Waals surface area contributed by atoms with E-state index in [4.69, 9.17) is 4.74 Å². The molecular weight excluding hydrogens is 380 g/mol. The van der Waals surface area contributed by atoms with Crippen molar-refractivity contribution in [2.45, 2.75) is 6.92 Å². The van der Waals surface area contributed by atoms with Crippen LogP contribution in [0.2, 0.25) is 0 Å². The second-order valence-electron chi connectivity index (χ2n) is 6.59. The van der Waals surface area contributed by atoms with E-state index in [1.165, 1.54) is 16.9 Å². The number of benzene rings is 3. The quantitative estimate of drug-likeness (QED) is 0.469. The Kier molecular flexibility index (Phi) is 5.40. The van der Waals surface area contributed by atoms with Gasteiger partial charge >= 0.3 is 0 Å². The van der Waals surface area contributed by atoms with Crippen LogP contribution in [0.3, 0.4) is 0 Å². The average Bonchev–Trinajstić information content (AvgIpc) is 3.18. The minimum atomic E-state index is -0.255. The highest BCUT2D eigenvalue weighted by molar-refractivity contribution is 7.07. The largest absolute Gasteiger partial charge is 0.497 e. The van der Waals surface area contributed by atoms with Crippen LogP contribution in [0, 0.1) is 6.92 Å². The molecular formula is C24H20N2O2S. The van der Waals surface area contributed by atoms with Crippen LogP contribution in [-0.4, -0.2) is 17.6 Å². The Labute approximate surface area is 173 Å². The number of methoxy groups -OCH3 is 1. The van der Waals surface area contributed by atoms with Crippen molar-refractivity contribution in [1.29, 1.82) is 0 Å². The van der Waals surface area contributed by atoms with E-state index in [9.17, 15) is 4.79 Å². The van der Waals surface area contributed by atoms with E-state index in [0.29, 0.717) is 10.4 Å². The third-order valence-electron chi connectivity index (χ3n) is 4.60. The van der Waals surface area contributed by atoms with Crippen molar-refractivity contribution in [3.63, 3.8) is 0 Å². The Morgan fingerprint density at radius 3 is 2.28 bits per heavy atom. The molecule has 29 heavy (non-hydrogen) atoms. The van der Waals surface area contributed by atoms with Gasteiger partial charge in [0.05, 0.1) is 12.8 Å². The highest BCUT2D eigenvalue weighted by atomic mass is 32.1. The van der Waals surface area contributed by atoms with Gasteiger partial charge in [-0.1, -0.05) is 35.9 Å². The zero-order valence-electron chi connectivity index (χ0n) is 16.2. The molecule has 5 heteroatoms. The predicted molar refractivity (Wildman–Crippen MR) is 117 cm³/mol. The molecule has 0 aliphatic rings. The number of rotatable bonds is 4. The molecule has 1 amide bonds. The molecule has 0 aliphatic heterocycles. The summed E-state index contributed by atoms with van der Waals surface area (Å²) in [6, 6.07) is 25.2. The molecule has 4 nitrogen and oxygen atoms in total. The van der Waals surface area contributed by atoms with Crippen LogP contribution in [0.1, 0.15) is 15.9 Å². The number of nitrogens with zero attached hydrogens (tertiary/aromatic N) is 2. The number of hydrogen-bond donors (Lipinski definition) is 0. The highest BCUT2D eigenvalue weighted by Crippen LogP contribution is 2.25. The summed E-state index contributed by atoms with van der Waals surface area (Å²) in [5.41, 5.74) is 4.71. The third-order valence-corrected chi connectivity index (χ3v) is 5.43. The fourth-order valence-electron chi connectivity index (χ4n) is 3.03. The molecule has 4 aromatic rings. The van der Waals surface area contributed by atoms with Gasteiger partial charge in [-0.3, -0.25) is 9.36 Å². The molecule has 4 rings (SSSR count). The van der Waals surface area contributed by atoms with Crippen molar-refractivity contribution in [3.8, 4) is 22.7 Å². The normalized spacial score (nSPS) is 11.4. The van der Waals surface area contributed by atoms with Crippen LogP contribution in [0.25, 0.3) is 16.9 Å².